The average molecular weight is 188 g/mol. The summed E-state index contributed by atoms with van der Waals surface area (Å²) in [6, 6.07) is 9.82. The standard InChI is InChI=1S/C13H16O/c1-2-3-4-5-9-12-14-13-10-7-6-8-11-13/h3-11H,2,12H2,1H3/b4-3-,9-5-. The molecule has 0 spiro atoms. The van der Waals surface area contributed by atoms with Crippen LogP contribution in [0.15, 0.2) is 54.6 Å². The topological polar surface area (TPSA) is 9.23 Å². The first-order valence-electron chi connectivity index (χ1n) is 4.93. The van der Waals surface area contributed by atoms with Gasteiger partial charge in [0, 0.05) is 0 Å². The predicted octanol–water partition coefficient (Wildman–Crippen LogP) is 3.59. The van der Waals surface area contributed by atoms with Crippen LogP contribution in [0.25, 0.3) is 0 Å². The van der Waals surface area contributed by atoms with Gasteiger partial charge in [-0.2, -0.15) is 0 Å². The summed E-state index contributed by atoms with van der Waals surface area (Å²) in [7, 11) is 0. The van der Waals surface area contributed by atoms with Crippen LogP contribution >= 0.6 is 0 Å². The number of rotatable bonds is 5. The second-order valence-electron chi connectivity index (χ2n) is 2.89. The molecule has 0 atom stereocenters. The fraction of sp³-hybridized carbons (Fsp3) is 0.231. The minimum atomic E-state index is 0.623. The molecule has 0 bridgehead atoms. The Bertz CT molecular complexity index is 285. The number of para-hydroxylation sites is 1. The van der Waals surface area contributed by atoms with Gasteiger partial charge in [-0.05, 0) is 24.6 Å². The van der Waals surface area contributed by atoms with Gasteiger partial charge in [0.2, 0.25) is 0 Å². The highest BCUT2D eigenvalue weighted by Crippen LogP contribution is 2.07. The fourth-order valence-electron chi connectivity index (χ4n) is 1.01. The van der Waals surface area contributed by atoms with Gasteiger partial charge < -0.3 is 4.74 Å². The normalized spacial score (nSPS) is 11.2. The van der Waals surface area contributed by atoms with Crippen LogP contribution in [0.2, 0.25) is 0 Å². The Hall–Kier alpha value is -1.50. The molecule has 0 saturated heterocycles. The highest BCUT2D eigenvalue weighted by Gasteiger charge is 1.85. The van der Waals surface area contributed by atoms with Gasteiger partial charge in [-0.15, -0.1) is 0 Å². The van der Waals surface area contributed by atoms with Gasteiger partial charge in [-0.3, -0.25) is 0 Å². The summed E-state index contributed by atoms with van der Waals surface area (Å²) in [5.41, 5.74) is 0. The zero-order valence-electron chi connectivity index (χ0n) is 8.52. The number of hydrogen-bond donors (Lipinski definition) is 0. The molecule has 14 heavy (non-hydrogen) atoms. The van der Waals surface area contributed by atoms with Crippen molar-refractivity contribution in [2.45, 2.75) is 13.3 Å². The lowest BCUT2D eigenvalue weighted by molar-refractivity contribution is 0.363. The van der Waals surface area contributed by atoms with E-state index in [2.05, 4.69) is 13.0 Å². The molecule has 0 radical (unpaired) electrons. The van der Waals surface area contributed by atoms with Crippen molar-refractivity contribution >= 4 is 0 Å². The lowest BCUT2D eigenvalue weighted by Gasteiger charge is -2.00. The van der Waals surface area contributed by atoms with Crippen LogP contribution in [0.3, 0.4) is 0 Å². The zero-order valence-corrected chi connectivity index (χ0v) is 8.52. The Balaban J connectivity index is 2.22. The van der Waals surface area contributed by atoms with E-state index in [-0.39, 0.29) is 0 Å². The third-order valence-electron chi connectivity index (χ3n) is 1.71. The summed E-state index contributed by atoms with van der Waals surface area (Å²) >= 11 is 0. The molecule has 0 saturated carbocycles. The van der Waals surface area contributed by atoms with Crippen LogP contribution < -0.4 is 4.74 Å². The van der Waals surface area contributed by atoms with Gasteiger partial charge >= 0.3 is 0 Å². The van der Waals surface area contributed by atoms with Crippen LogP contribution in [0, 0.1) is 0 Å². The second kappa shape index (κ2) is 6.96. The van der Waals surface area contributed by atoms with Gasteiger partial charge in [0.15, 0.2) is 0 Å². The van der Waals surface area contributed by atoms with E-state index in [4.69, 9.17) is 4.74 Å². The van der Waals surface area contributed by atoms with Crippen molar-refractivity contribution in [3.63, 3.8) is 0 Å². The zero-order chi connectivity index (χ0) is 10.1. The summed E-state index contributed by atoms with van der Waals surface area (Å²) in [6.07, 6.45) is 9.23. The quantitative estimate of drug-likeness (QED) is 0.642. The van der Waals surface area contributed by atoms with Crippen molar-refractivity contribution < 1.29 is 4.74 Å². The molecule has 1 rings (SSSR count). The molecule has 0 heterocycles. The third kappa shape index (κ3) is 4.51. The van der Waals surface area contributed by atoms with Crippen LogP contribution in [0.1, 0.15) is 13.3 Å². The summed E-state index contributed by atoms with van der Waals surface area (Å²) < 4.78 is 5.47. The maximum absolute atomic E-state index is 5.47. The Morgan fingerprint density at radius 2 is 1.79 bits per heavy atom. The number of benzene rings is 1. The molecule has 1 aromatic rings. The van der Waals surface area contributed by atoms with Crippen LogP contribution in [0.4, 0.5) is 0 Å². The van der Waals surface area contributed by atoms with Gasteiger partial charge in [0.1, 0.15) is 12.4 Å². The Morgan fingerprint density at radius 1 is 1.07 bits per heavy atom. The number of hydrogen-bond acceptors (Lipinski definition) is 1. The van der Waals surface area contributed by atoms with E-state index in [1.165, 1.54) is 0 Å². The molecule has 0 aliphatic heterocycles. The van der Waals surface area contributed by atoms with Gasteiger partial charge in [-0.25, -0.2) is 0 Å². The molecule has 1 aromatic carbocycles. The highest BCUT2D eigenvalue weighted by molar-refractivity contribution is 5.21. The largest absolute Gasteiger partial charge is 0.490 e. The molecule has 0 aliphatic rings. The Kier molecular flexibility index (Phi) is 5.26. The first-order chi connectivity index (χ1) is 6.93. The van der Waals surface area contributed by atoms with E-state index < -0.39 is 0 Å². The molecule has 0 amide bonds. The van der Waals surface area contributed by atoms with Gasteiger partial charge in [0.05, 0.1) is 0 Å². The highest BCUT2D eigenvalue weighted by atomic mass is 16.5. The average Bonchev–Trinajstić information content (AvgIpc) is 2.25. The van der Waals surface area contributed by atoms with E-state index in [1.807, 2.05) is 48.6 Å². The molecule has 0 fully saturated rings. The van der Waals surface area contributed by atoms with E-state index in [0.29, 0.717) is 6.61 Å². The Labute approximate surface area is 85.7 Å². The third-order valence-corrected chi connectivity index (χ3v) is 1.71. The van der Waals surface area contributed by atoms with Gasteiger partial charge in [-0.1, -0.05) is 43.4 Å². The summed E-state index contributed by atoms with van der Waals surface area (Å²) in [6.45, 7) is 2.74. The summed E-state index contributed by atoms with van der Waals surface area (Å²) in [5, 5.41) is 0. The SMILES string of the molecule is CC/C=C\C=C/COc1ccccc1. The van der Waals surface area contributed by atoms with Crippen molar-refractivity contribution in [3.8, 4) is 5.75 Å². The molecule has 1 heteroatoms. The minimum Gasteiger partial charge on any atom is -0.490 e. The Morgan fingerprint density at radius 3 is 2.50 bits per heavy atom. The molecule has 1 nitrogen and oxygen atoms in total. The van der Waals surface area contributed by atoms with Crippen molar-refractivity contribution in [1.29, 1.82) is 0 Å². The number of allylic oxidation sites excluding steroid dienone is 3. The molecule has 0 N–H and O–H groups in total. The molecular weight excluding hydrogens is 172 g/mol. The van der Waals surface area contributed by atoms with Crippen molar-refractivity contribution in [3.05, 3.63) is 54.6 Å². The summed E-state index contributed by atoms with van der Waals surface area (Å²) in [5.74, 6) is 0.914. The monoisotopic (exact) mass is 188 g/mol. The van der Waals surface area contributed by atoms with E-state index >= 15 is 0 Å². The minimum absolute atomic E-state index is 0.623. The maximum Gasteiger partial charge on any atom is 0.119 e. The molecule has 0 unspecified atom stereocenters. The molecule has 0 aliphatic carbocycles. The number of ether oxygens (including phenoxy) is 1. The first kappa shape index (κ1) is 10.6. The smallest absolute Gasteiger partial charge is 0.119 e. The van der Waals surface area contributed by atoms with Crippen LogP contribution in [-0.4, -0.2) is 6.61 Å². The van der Waals surface area contributed by atoms with Gasteiger partial charge in [0.25, 0.3) is 0 Å². The molecule has 74 valence electrons. The van der Waals surface area contributed by atoms with Crippen molar-refractivity contribution in [2.75, 3.05) is 6.61 Å². The fourth-order valence-corrected chi connectivity index (χ4v) is 1.01. The van der Waals surface area contributed by atoms with Crippen LogP contribution in [-0.2, 0) is 0 Å². The maximum atomic E-state index is 5.47. The van der Waals surface area contributed by atoms with E-state index in [1.54, 1.807) is 0 Å². The van der Waals surface area contributed by atoms with Crippen LogP contribution in [0.5, 0.6) is 5.75 Å². The molecular formula is C13H16O. The summed E-state index contributed by atoms with van der Waals surface area (Å²) in [4.78, 5) is 0. The van der Waals surface area contributed by atoms with E-state index in [9.17, 15) is 0 Å². The first-order valence-corrected chi connectivity index (χ1v) is 4.93. The van der Waals surface area contributed by atoms with E-state index in [0.717, 1.165) is 12.2 Å². The van der Waals surface area contributed by atoms with Crippen molar-refractivity contribution in [1.82, 2.24) is 0 Å². The molecule has 0 aromatic heterocycles. The lowest BCUT2D eigenvalue weighted by Crippen LogP contribution is -1.91. The second-order valence-corrected chi connectivity index (χ2v) is 2.89. The van der Waals surface area contributed by atoms with Crippen molar-refractivity contribution in [2.24, 2.45) is 0 Å². The predicted molar refractivity (Wildman–Crippen MR) is 60.5 cm³/mol. The lowest BCUT2D eigenvalue weighted by atomic mass is 10.3.